The van der Waals surface area contributed by atoms with Gasteiger partial charge in [0.15, 0.2) is 0 Å². The Hall–Kier alpha value is -2.75. The zero-order chi connectivity index (χ0) is 14.1. The van der Waals surface area contributed by atoms with E-state index in [2.05, 4.69) is 10.3 Å². The number of hydrogen-bond acceptors (Lipinski definition) is 2. The van der Waals surface area contributed by atoms with Crippen LogP contribution >= 0.6 is 0 Å². The molecular weight excluding hydrogens is 252 g/mol. The Kier molecular flexibility index (Phi) is 2.91. The van der Waals surface area contributed by atoms with Gasteiger partial charge < -0.3 is 15.4 Å². The number of nitrogens with one attached hydrogen (secondary N) is 2. The number of aromatic amines is 1. The Morgan fingerprint density at radius 1 is 1.15 bits per heavy atom. The molecule has 1 heterocycles. The molecule has 0 spiro atoms. The zero-order valence-corrected chi connectivity index (χ0v) is 11.0. The summed E-state index contributed by atoms with van der Waals surface area (Å²) in [4.78, 5) is 15.3. The number of H-pyrrole nitrogens is 1. The molecule has 1 aromatic heterocycles. The second-order valence-corrected chi connectivity index (χ2v) is 4.74. The minimum absolute atomic E-state index is 0.174. The Morgan fingerprint density at radius 2 is 2.00 bits per heavy atom. The largest absolute Gasteiger partial charge is 0.508 e. The molecule has 3 N–H and O–H groups in total. The third-order valence-electron chi connectivity index (χ3n) is 3.27. The van der Waals surface area contributed by atoms with Crippen LogP contribution in [-0.2, 0) is 0 Å². The second-order valence-electron chi connectivity index (χ2n) is 4.74. The number of hydrogen-bond donors (Lipinski definition) is 3. The van der Waals surface area contributed by atoms with Gasteiger partial charge in [-0.2, -0.15) is 0 Å². The number of aromatic nitrogens is 1. The van der Waals surface area contributed by atoms with Crippen molar-refractivity contribution in [1.82, 2.24) is 4.98 Å². The summed E-state index contributed by atoms with van der Waals surface area (Å²) in [6.07, 6.45) is 1.84. The maximum Gasteiger partial charge on any atom is 0.255 e. The number of benzene rings is 2. The fourth-order valence-electron chi connectivity index (χ4n) is 2.13. The molecule has 0 aliphatic rings. The normalized spacial score (nSPS) is 10.7. The molecule has 0 bridgehead atoms. The summed E-state index contributed by atoms with van der Waals surface area (Å²) in [5, 5.41) is 13.4. The van der Waals surface area contributed by atoms with E-state index in [9.17, 15) is 9.90 Å². The summed E-state index contributed by atoms with van der Waals surface area (Å²) in [6.45, 7) is 1.79. The molecule has 100 valence electrons. The van der Waals surface area contributed by atoms with Crippen LogP contribution in [0.25, 0.3) is 10.9 Å². The van der Waals surface area contributed by atoms with Gasteiger partial charge in [0.25, 0.3) is 5.91 Å². The summed E-state index contributed by atoms with van der Waals surface area (Å²) in [5.41, 5.74) is 2.91. The van der Waals surface area contributed by atoms with E-state index in [1.165, 1.54) is 0 Å². The lowest BCUT2D eigenvalue weighted by molar-refractivity contribution is 0.102. The molecule has 0 fully saturated rings. The van der Waals surface area contributed by atoms with Gasteiger partial charge >= 0.3 is 0 Å². The van der Waals surface area contributed by atoms with Crippen molar-refractivity contribution >= 4 is 22.5 Å². The van der Waals surface area contributed by atoms with Crippen LogP contribution in [0.3, 0.4) is 0 Å². The molecule has 20 heavy (non-hydrogen) atoms. The lowest BCUT2D eigenvalue weighted by Gasteiger charge is -2.07. The third-order valence-corrected chi connectivity index (χ3v) is 3.27. The van der Waals surface area contributed by atoms with Crippen LogP contribution in [0, 0.1) is 6.92 Å². The highest BCUT2D eigenvalue weighted by Gasteiger charge is 2.08. The van der Waals surface area contributed by atoms with Crippen LogP contribution in [-0.4, -0.2) is 16.0 Å². The van der Waals surface area contributed by atoms with E-state index in [-0.39, 0.29) is 11.7 Å². The number of carbonyl (C=O) groups is 1. The molecule has 0 saturated heterocycles. The Balaban J connectivity index is 1.86. The van der Waals surface area contributed by atoms with Crippen molar-refractivity contribution in [3.63, 3.8) is 0 Å². The number of carbonyl (C=O) groups excluding carboxylic acids is 1. The minimum atomic E-state index is -0.174. The highest BCUT2D eigenvalue weighted by molar-refractivity contribution is 6.06. The van der Waals surface area contributed by atoms with E-state index in [0.29, 0.717) is 11.3 Å². The first-order valence-electron chi connectivity index (χ1n) is 6.31. The summed E-state index contributed by atoms with van der Waals surface area (Å²) in [6, 6.07) is 12.5. The lowest BCUT2D eigenvalue weighted by atomic mass is 10.1. The smallest absolute Gasteiger partial charge is 0.255 e. The van der Waals surface area contributed by atoms with Gasteiger partial charge in [0, 0.05) is 23.0 Å². The molecule has 3 rings (SSSR count). The molecule has 0 unspecified atom stereocenters. The lowest BCUT2D eigenvalue weighted by Crippen LogP contribution is -2.11. The van der Waals surface area contributed by atoms with E-state index in [0.717, 1.165) is 16.5 Å². The van der Waals surface area contributed by atoms with Gasteiger partial charge in [0.1, 0.15) is 5.75 Å². The van der Waals surface area contributed by atoms with E-state index in [1.54, 1.807) is 31.2 Å². The van der Waals surface area contributed by atoms with Crippen LogP contribution < -0.4 is 5.32 Å². The fraction of sp³-hybridized carbons (Fsp3) is 0.0625. The van der Waals surface area contributed by atoms with Crippen LogP contribution in [0.1, 0.15) is 15.9 Å². The van der Waals surface area contributed by atoms with Gasteiger partial charge in [-0.15, -0.1) is 0 Å². The number of anilines is 1. The fourth-order valence-corrected chi connectivity index (χ4v) is 2.13. The van der Waals surface area contributed by atoms with E-state index in [4.69, 9.17) is 0 Å². The predicted molar refractivity (Wildman–Crippen MR) is 79.1 cm³/mol. The molecule has 0 radical (unpaired) electrons. The highest BCUT2D eigenvalue weighted by atomic mass is 16.3. The van der Waals surface area contributed by atoms with E-state index in [1.807, 2.05) is 24.4 Å². The van der Waals surface area contributed by atoms with E-state index < -0.39 is 0 Å². The Bertz CT molecular complexity index is 790. The average molecular weight is 266 g/mol. The number of aryl methyl sites for hydroxylation is 1. The summed E-state index contributed by atoms with van der Waals surface area (Å²) < 4.78 is 0. The first-order valence-corrected chi connectivity index (χ1v) is 6.31. The second kappa shape index (κ2) is 4.74. The van der Waals surface area contributed by atoms with Crippen LogP contribution in [0.2, 0.25) is 0 Å². The molecular formula is C16H14N2O2. The Labute approximate surface area is 116 Å². The van der Waals surface area contributed by atoms with Gasteiger partial charge in [-0.3, -0.25) is 4.79 Å². The quantitative estimate of drug-likeness (QED) is 0.622. The topological polar surface area (TPSA) is 65.1 Å². The Morgan fingerprint density at radius 3 is 2.80 bits per heavy atom. The standard InChI is InChI=1S/C16H14N2O2/c1-10-8-13(4-5-15(10)19)18-16(20)12-3-2-11-6-7-17-14(11)9-12/h2-9,17,19H,1H3,(H,18,20). The maximum absolute atomic E-state index is 12.2. The van der Waals surface area contributed by atoms with Gasteiger partial charge in [0.05, 0.1) is 0 Å². The van der Waals surface area contributed by atoms with Crippen molar-refractivity contribution in [3.8, 4) is 5.75 Å². The monoisotopic (exact) mass is 266 g/mol. The maximum atomic E-state index is 12.2. The summed E-state index contributed by atoms with van der Waals surface area (Å²) in [5.74, 6) is 0.0439. The van der Waals surface area contributed by atoms with Gasteiger partial charge in [-0.1, -0.05) is 6.07 Å². The van der Waals surface area contributed by atoms with Crippen LogP contribution in [0.15, 0.2) is 48.7 Å². The van der Waals surface area contributed by atoms with Crippen molar-refractivity contribution in [2.75, 3.05) is 5.32 Å². The van der Waals surface area contributed by atoms with Crippen molar-refractivity contribution in [3.05, 3.63) is 59.8 Å². The summed E-state index contributed by atoms with van der Waals surface area (Å²) >= 11 is 0. The molecule has 0 atom stereocenters. The number of aromatic hydroxyl groups is 1. The van der Waals surface area contributed by atoms with Crippen LogP contribution in [0.5, 0.6) is 5.75 Å². The molecule has 4 heteroatoms. The van der Waals surface area contributed by atoms with Crippen molar-refractivity contribution in [2.24, 2.45) is 0 Å². The number of phenolic OH excluding ortho intramolecular Hbond substituents is 1. The number of rotatable bonds is 2. The van der Waals surface area contributed by atoms with Crippen LogP contribution in [0.4, 0.5) is 5.69 Å². The predicted octanol–water partition coefficient (Wildman–Crippen LogP) is 3.43. The molecule has 0 saturated carbocycles. The first-order chi connectivity index (χ1) is 9.63. The van der Waals surface area contributed by atoms with Gasteiger partial charge in [0.2, 0.25) is 0 Å². The third kappa shape index (κ3) is 2.23. The molecule has 0 aliphatic heterocycles. The molecule has 4 nitrogen and oxygen atoms in total. The number of amides is 1. The minimum Gasteiger partial charge on any atom is -0.508 e. The SMILES string of the molecule is Cc1cc(NC(=O)c2ccc3cc[nH]c3c2)ccc1O. The number of fused-ring (bicyclic) bond motifs is 1. The highest BCUT2D eigenvalue weighted by Crippen LogP contribution is 2.21. The summed E-state index contributed by atoms with van der Waals surface area (Å²) in [7, 11) is 0. The molecule has 0 aliphatic carbocycles. The molecule has 1 amide bonds. The van der Waals surface area contributed by atoms with Crippen molar-refractivity contribution in [2.45, 2.75) is 6.92 Å². The molecule has 2 aromatic carbocycles. The van der Waals surface area contributed by atoms with Gasteiger partial charge in [-0.05, 0) is 54.3 Å². The van der Waals surface area contributed by atoms with E-state index >= 15 is 0 Å². The van der Waals surface area contributed by atoms with Crippen molar-refractivity contribution in [1.29, 1.82) is 0 Å². The first kappa shape index (κ1) is 12.3. The zero-order valence-electron chi connectivity index (χ0n) is 11.0. The van der Waals surface area contributed by atoms with Crippen molar-refractivity contribution < 1.29 is 9.90 Å². The molecule has 3 aromatic rings. The number of phenols is 1. The van der Waals surface area contributed by atoms with Gasteiger partial charge in [-0.25, -0.2) is 0 Å². The average Bonchev–Trinajstić information content (AvgIpc) is 2.90.